The van der Waals surface area contributed by atoms with Gasteiger partial charge in [0.25, 0.3) is 0 Å². The second-order valence-corrected chi connectivity index (χ2v) is 10.2. The fraction of sp³-hybridized carbons (Fsp3) is 0.261. The van der Waals surface area contributed by atoms with Crippen LogP contribution in [0.5, 0.6) is 11.5 Å². The van der Waals surface area contributed by atoms with E-state index < -0.39 is 21.7 Å². The zero-order valence-electron chi connectivity index (χ0n) is 18.9. The molecule has 12 heteroatoms. The fourth-order valence-corrected chi connectivity index (χ4v) is 4.11. The summed E-state index contributed by atoms with van der Waals surface area (Å²) >= 11 is 0. The van der Waals surface area contributed by atoms with Gasteiger partial charge in [0.2, 0.25) is 15.7 Å². The van der Waals surface area contributed by atoms with Crippen LogP contribution in [0.3, 0.4) is 0 Å². The third-order valence-corrected chi connectivity index (χ3v) is 6.79. The molecule has 1 saturated carbocycles. The number of benzene rings is 2. The van der Waals surface area contributed by atoms with Crippen molar-refractivity contribution in [3.05, 3.63) is 59.9 Å². The maximum atomic E-state index is 14.3. The van der Waals surface area contributed by atoms with Gasteiger partial charge in [0.1, 0.15) is 11.6 Å². The van der Waals surface area contributed by atoms with Crippen LogP contribution < -0.4 is 14.8 Å². The molecule has 0 radical (unpaired) electrons. The molecule has 2 heterocycles. The van der Waals surface area contributed by atoms with Crippen molar-refractivity contribution in [2.24, 2.45) is 0 Å². The molecular weight excluding hydrogens is 478 g/mol. The number of anilines is 2. The molecule has 1 aliphatic rings. The molecule has 0 spiro atoms. The predicted molar refractivity (Wildman–Crippen MR) is 127 cm³/mol. The molecule has 0 bridgehead atoms. The van der Waals surface area contributed by atoms with Gasteiger partial charge in [-0.25, -0.2) is 17.2 Å². The van der Waals surface area contributed by atoms with E-state index in [0.717, 1.165) is 25.0 Å². The van der Waals surface area contributed by atoms with E-state index in [1.165, 1.54) is 25.1 Å². The normalized spacial score (nSPS) is 13.7. The maximum Gasteiger partial charge on any atom is 0.232 e. The van der Waals surface area contributed by atoms with Gasteiger partial charge in [-0.05, 0) is 63.1 Å². The van der Waals surface area contributed by atoms with Crippen molar-refractivity contribution in [3.8, 4) is 22.8 Å². The molecule has 35 heavy (non-hydrogen) atoms. The molecule has 4 aromatic rings. The zero-order chi connectivity index (χ0) is 24.7. The van der Waals surface area contributed by atoms with Crippen molar-refractivity contribution in [2.45, 2.75) is 32.7 Å². The van der Waals surface area contributed by atoms with Gasteiger partial charge in [0, 0.05) is 23.4 Å². The lowest BCUT2D eigenvalue weighted by Crippen LogP contribution is -2.14. The molecule has 2 aromatic carbocycles. The number of halogens is 2. The first-order chi connectivity index (χ1) is 16.7. The summed E-state index contributed by atoms with van der Waals surface area (Å²) in [6.07, 6.45) is 2.06. The number of nitrogens with one attached hydrogen (secondary N) is 2. The molecule has 2 N–H and O–H groups in total. The van der Waals surface area contributed by atoms with E-state index in [4.69, 9.17) is 4.74 Å². The molecule has 1 fully saturated rings. The van der Waals surface area contributed by atoms with Crippen LogP contribution in [0.4, 0.5) is 20.2 Å². The molecule has 5 rings (SSSR count). The average Bonchev–Trinajstić information content (AvgIpc) is 3.56. The summed E-state index contributed by atoms with van der Waals surface area (Å²) in [7, 11) is -3.55. The van der Waals surface area contributed by atoms with Crippen molar-refractivity contribution in [3.63, 3.8) is 0 Å². The predicted octanol–water partition coefficient (Wildman–Crippen LogP) is 4.51. The number of nitrogens with zero attached hydrogens (tertiary/aromatic N) is 4. The van der Waals surface area contributed by atoms with Crippen LogP contribution in [0.2, 0.25) is 0 Å². The fourth-order valence-electron chi connectivity index (χ4n) is 3.48. The number of aromatic nitrogens is 4. The van der Waals surface area contributed by atoms with Gasteiger partial charge in [-0.15, -0.1) is 10.2 Å². The van der Waals surface area contributed by atoms with E-state index >= 15 is 0 Å². The van der Waals surface area contributed by atoms with Gasteiger partial charge in [0.15, 0.2) is 17.4 Å². The largest absolute Gasteiger partial charge is 0.454 e. The monoisotopic (exact) mass is 500 g/mol. The number of hydrogen-bond acceptors (Lipinski definition) is 7. The number of ether oxygens (including phenoxy) is 1. The van der Waals surface area contributed by atoms with Gasteiger partial charge >= 0.3 is 0 Å². The topological polar surface area (TPSA) is 111 Å². The van der Waals surface area contributed by atoms with Crippen LogP contribution in [0.25, 0.3) is 16.9 Å². The average molecular weight is 501 g/mol. The van der Waals surface area contributed by atoms with Crippen LogP contribution in [-0.4, -0.2) is 40.0 Å². The quantitative estimate of drug-likeness (QED) is 0.366. The molecule has 1 aliphatic carbocycles. The minimum atomic E-state index is -3.55. The highest BCUT2D eigenvalue weighted by molar-refractivity contribution is 7.92. The van der Waals surface area contributed by atoms with E-state index in [1.54, 1.807) is 23.6 Å². The molecule has 0 amide bonds. The van der Waals surface area contributed by atoms with Gasteiger partial charge in [-0.3, -0.25) is 4.72 Å². The van der Waals surface area contributed by atoms with Crippen molar-refractivity contribution in [1.82, 2.24) is 19.8 Å². The number of aryl methyl sites for hydroxylation is 1. The van der Waals surface area contributed by atoms with E-state index in [2.05, 4.69) is 25.3 Å². The summed E-state index contributed by atoms with van der Waals surface area (Å²) in [4.78, 5) is 0. The van der Waals surface area contributed by atoms with Crippen LogP contribution in [0.1, 0.15) is 25.6 Å². The first-order valence-corrected chi connectivity index (χ1v) is 12.6. The van der Waals surface area contributed by atoms with E-state index in [9.17, 15) is 17.2 Å². The van der Waals surface area contributed by atoms with E-state index in [-0.39, 0.29) is 22.9 Å². The second kappa shape index (κ2) is 8.77. The van der Waals surface area contributed by atoms with Crippen molar-refractivity contribution in [1.29, 1.82) is 0 Å². The zero-order valence-corrected chi connectivity index (χ0v) is 19.7. The van der Waals surface area contributed by atoms with Gasteiger partial charge in [0.05, 0.1) is 17.1 Å². The Labute approximate surface area is 200 Å². The summed E-state index contributed by atoms with van der Waals surface area (Å²) in [5.74, 6) is -1.15. The first kappa shape index (κ1) is 23.0. The summed E-state index contributed by atoms with van der Waals surface area (Å²) in [5.41, 5.74) is 2.34. The van der Waals surface area contributed by atoms with Crippen molar-refractivity contribution >= 4 is 27.0 Å². The lowest BCUT2D eigenvalue weighted by atomic mass is 10.1. The Kier molecular flexibility index (Phi) is 5.75. The molecule has 9 nitrogen and oxygen atoms in total. The summed E-state index contributed by atoms with van der Waals surface area (Å²) in [5, 5.41) is 16.4. The standard InChI is InChI=1S/C23H22F2N6O3S/c1-3-35(32,33)30-16-7-9-21(34-22-8-4-14(24)10-18(22)25)17(11-16)19-12-20(26-15-5-6-15)23-28-27-13(2)31(23)29-19/h4,7-12,15,26,30H,3,5-6H2,1-2H3. The Morgan fingerprint density at radius 2 is 1.86 bits per heavy atom. The van der Waals surface area contributed by atoms with Gasteiger partial charge in [-0.1, -0.05) is 0 Å². The molecule has 0 unspecified atom stereocenters. The molecular formula is C23H22F2N6O3S. The third-order valence-electron chi connectivity index (χ3n) is 5.49. The minimum Gasteiger partial charge on any atom is -0.454 e. The highest BCUT2D eigenvalue weighted by Gasteiger charge is 2.24. The van der Waals surface area contributed by atoms with Crippen LogP contribution >= 0.6 is 0 Å². The summed E-state index contributed by atoms with van der Waals surface area (Å²) in [6, 6.07) is 9.64. The molecule has 2 aromatic heterocycles. The lowest BCUT2D eigenvalue weighted by Gasteiger charge is -2.15. The van der Waals surface area contributed by atoms with Gasteiger partial charge < -0.3 is 10.1 Å². The minimum absolute atomic E-state index is 0.110. The second-order valence-electron chi connectivity index (χ2n) is 8.24. The molecule has 0 atom stereocenters. The molecule has 182 valence electrons. The van der Waals surface area contributed by atoms with E-state index in [1.807, 2.05) is 0 Å². The Morgan fingerprint density at radius 3 is 2.57 bits per heavy atom. The van der Waals surface area contributed by atoms with Crippen LogP contribution in [0, 0.1) is 18.6 Å². The highest BCUT2D eigenvalue weighted by atomic mass is 32.2. The van der Waals surface area contributed by atoms with Crippen molar-refractivity contribution < 1.29 is 21.9 Å². The summed E-state index contributed by atoms with van der Waals surface area (Å²) in [6.45, 7) is 3.28. The van der Waals surface area contributed by atoms with Gasteiger partial charge in [-0.2, -0.15) is 9.61 Å². The Hall–Kier alpha value is -3.80. The molecule has 0 aliphatic heterocycles. The summed E-state index contributed by atoms with van der Waals surface area (Å²) < 4.78 is 61.9. The Bertz CT molecular complexity index is 1540. The maximum absolute atomic E-state index is 14.3. The first-order valence-electron chi connectivity index (χ1n) is 11.0. The Balaban J connectivity index is 1.66. The highest BCUT2D eigenvalue weighted by Crippen LogP contribution is 2.38. The number of sulfonamides is 1. The Morgan fingerprint density at radius 1 is 1.09 bits per heavy atom. The number of rotatable bonds is 8. The number of fused-ring (bicyclic) bond motifs is 1. The van der Waals surface area contributed by atoms with Crippen LogP contribution in [0.15, 0.2) is 42.5 Å². The van der Waals surface area contributed by atoms with E-state index in [0.29, 0.717) is 34.5 Å². The SMILES string of the molecule is CCS(=O)(=O)Nc1ccc(Oc2ccc(F)cc2F)c(-c2cc(NC3CC3)c3nnc(C)n3n2)c1. The lowest BCUT2D eigenvalue weighted by molar-refractivity contribution is 0.439. The third kappa shape index (κ3) is 4.87. The molecule has 0 saturated heterocycles. The van der Waals surface area contributed by atoms with Crippen molar-refractivity contribution in [2.75, 3.05) is 15.8 Å². The van der Waals surface area contributed by atoms with Crippen LogP contribution in [-0.2, 0) is 10.0 Å². The smallest absolute Gasteiger partial charge is 0.232 e. The number of hydrogen-bond donors (Lipinski definition) is 2.